The minimum Gasteiger partial charge on any atom is -0.394 e. The smallest absolute Gasteiger partial charge is 0.187 e. The van der Waals surface area contributed by atoms with E-state index in [4.69, 9.17) is 28.4 Å². The molecule has 49 heavy (non-hydrogen) atoms. The first-order valence-corrected chi connectivity index (χ1v) is 18.4. The molecule has 3 heterocycles. The van der Waals surface area contributed by atoms with Gasteiger partial charge in [0.25, 0.3) is 0 Å². The first kappa shape index (κ1) is 36.6. The highest BCUT2D eigenvalue weighted by atomic mass is 16.7. The average molecular weight is 699 g/mol. The Kier molecular flexibility index (Phi) is 9.90. The minimum absolute atomic E-state index is 0.0949. The summed E-state index contributed by atoms with van der Waals surface area (Å²) in [6, 6.07) is 0. The van der Waals surface area contributed by atoms with Crippen molar-refractivity contribution < 1.29 is 64.2 Å². The fourth-order valence-electron chi connectivity index (χ4n) is 11.6. The van der Waals surface area contributed by atoms with Crippen molar-refractivity contribution in [2.75, 3.05) is 20.3 Å². The summed E-state index contributed by atoms with van der Waals surface area (Å²) in [6.07, 6.45) is -1.53. The Balaban J connectivity index is 0.992. The third-order valence-corrected chi connectivity index (χ3v) is 14.6. The molecule has 1 unspecified atom stereocenters. The van der Waals surface area contributed by atoms with E-state index in [1.165, 1.54) is 0 Å². The molecule has 0 aromatic rings. The summed E-state index contributed by atoms with van der Waals surface area (Å²) >= 11 is 0. The van der Waals surface area contributed by atoms with E-state index in [0.717, 1.165) is 50.5 Å². The van der Waals surface area contributed by atoms with E-state index in [-0.39, 0.29) is 34.7 Å². The Morgan fingerprint density at radius 1 is 0.857 bits per heavy atom. The summed E-state index contributed by atoms with van der Waals surface area (Å²) in [5.74, 6) is 0.467. The summed E-state index contributed by atoms with van der Waals surface area (Å²) in [5, 5.41) is 75.4. The molecule has 280 valence electrons. The van der Waals surface area contributed by atoms with Crippen LogP contribution in [0, 0.1) is 28.6 Å². The zero-order valence-electron chi connectivity index (χ0n) is 29.2. The van der Waals surface area contributed by atoms with Crippen LogP contribution in [0.5, 0.6) is 0 Å². The van der Waals surface area contributed by atoms with Gasteiger partial charge in [0.1, 0.15) is 30.5 Å². The molecule has 7 N–H and O–H groups in total. The van der Waals surface area contributed by atoms with Gasteiger partial charge in [-0.3, -0.25) is 0 Å². The molecule has 0 aromatic carbocycles. The number of aliphatic hydroxyl groups is 7. The molecule has 0 aromatic heterocycles. The Morgan fingerprint density at radius 2 is 1.59 bits per heavy atom. The van der Waals surface area contributed by atoms with Crippen molar-refractivity contribution in [1.82, 2.24) is 0 Å². The predicted molar refractivity (Wildman–Crippen MR) is 171 cm³/mol. The highest BCUT2D eigenvalue weighted by molar-refractivity contribution is 5.26. The van der Waals surface area contributed by atoms with Gasteiger partial charge in [-0.1, -0.05) is 13.8 Å². The highest BCUT2D eigenvalue weighted by Gasteiger charge is 2.70. The van der Waals surface area contributed by atoms with Crippen LogP contribution in [0.15, 0.2) is 11.6 Å². The Hall–Kier alpha value is -0.780. The van der Waals surface area contributed by atoms with Crippen LogP contribution in [0.1, 0.15) is 85.0 Å². The van der Waals surface area contributed by atoms with Crippen molar-refractivity contribution >= 4 is 0 Å². The molecule has 7 aliphatic rings. The number of aliphatic hydroxyl groups excluding tert-OH is 5. The second kappa shape index (κ2) is 13.3. The summed E-state index contributed by atoms with van der Waals surface area (Å²) in [7, 11) is 1.55. The van der Waals surface area contributed by atoms with Gasteiger partial charge in [-0.25, -0.2) is 0 Å². The van der Waals surface area contributed by atoms with E-state index in [2.05, 4.69) is 13.8 Å². The lowest BCUT2D eigenvalue weighted by Gasteiger charge is -2.66. The minimum atomic E-state index is -1.55. The molecule has 7 rings (SSSR count). The topological polar surface area (TPSA) is 197 Å². The summed E-state index contributed by atoms with van der Waals surface area (Å²) in [6.45, 7) is 6.13. The largest absolute Gasteiger partial charge is 0.394 e. The first-order valence-electron chi connectivity index (χ1n) is 18.4. The highest BCUT2D eigenvalue weighted by Crippen LogP contribution is 2.70. The van der Waals surface area contributed by atoms with Crippen molar-refractivity contribution in [3.63, 3.8) is 0 Å². The van der Waals surface area contributed by atoms with Gasteiger partial charge in [-0.05, 0) is 93.1 Å². The second-order valence-corrected chi connectivity index (χ2v) is 16.7. The van der Waals surface area contributed by atoms with E-state index in [1.54, 1.807) is 14.0 Å². The van der Waals surface area contributed by atoms with Gasteiger partial charge in [0.2, 0.25) is 0 Å². The van der Waals surface area contributed by atoms with Gasteiger partial charge in [-0.15, -0.1) is 0 Å². The predicted octanol–water partition coefficient (Wildman–Crippen LogP) is 0.870. The maximum atomic E-state index is 12.5. The first-order chi connectivity index (χ1) is 23.2. The molecule has 0 radical (unpaired) electrons. The lowest BCUT2D eigenvalue weighted by atomic mass is 9.42. The maximum Gasteiger partial charge on any atom is 0.187 e. The number of methoxy groups -OCH3 is 1. The Morgan fingerprint density at radius 3 is 2.29 bits per heavy atom. The third-order valence-electron chi connectivity index (χ3n) is 14.6. The maximum absolute atomic E-state index is 12.5. The van der Waals surface area contributed by atoms with Crippen molar-refractivity contribution in [3.8, 4) is 0 Å². The summed E-state index contributed by atoms with van der Waals surface area (Å²) in [5.41, 5.74) is -1.32. The molecule has 0 bridgehead atoms. The SMILES string of the molecule is CO[C@H]1C[C@H](O[C@H]2CC[C@]3(C)[C@H]4CC[C@]5(C)[C@@H](C6=CC(O)OC6)CC[C@]5(O)[C@@H]4CC[C@]3(O)C2)O[C@H](C)[C@H]1O[C@@H]1O[C@H](CO)[C@@H](O)[C@H](O)[C@H]1O. The average Bonchev–Trinajstić information content (AvgIpc) is 3.61. The summed E-state index contributed by atoms with van der Waals surface area (Å²) < 4.78 is 35.6. The van der Waals surface area contributed by atoms with Crippen LogP contribution in [0.4, 0.5) is 0 Å². The third kappa shape index (κ3) is 5.78. The van der Waals surface area contributed by atoms with Crippen LogP contribution in [-0.4, -0.2) is 135 Å². The fourth-order valence-corrected chi connectivity index (χ4v) is 11.6. The molecule has 13 nitrogen and oxygen atoms in total. The lowest BCUT2D eigenvalue weighted by Crippen LogP contribution is -2.67. The zero-order chi connectivity index (χ0) is 35.1. The number of hydrogen-bond acceptors (Lipinski definition) is 13. The number of hydrogen-bond donors (Lipinski definition) is 7. The van der Waals surface area contributed by atoms with E-state index in [1.807, 2.05) is 6.08 Å². The normalized spacial score (nSPS) is 56.1. The molecule has 4 saturated carbocycles. The molecule has 3 aliphatic heterocycles. The van der Waals surface area contributed by atoms with Gasteiger partial charge in [0.15, 0.2) is 18.9 Å². The van der Waals surface area contributed by atoms with Crippen LogP contribution in [-0.2, 0) is 28.4 Å². The Bertz CT molecular complexity index is 1230. The Labute approximate surface area is 288 Å². The molecule has 0 spiro atoms. The number of rotatable bonds is 7. The molecule has 2 saturated heterocycles. The number of ether oxygens (including phenoxy) is 6. The molecular formula is C36H58O13. The standard InChI is InChI=1S/C36H58O13/c1-18-31(49-32-30(41)29(40)28(39)25(16-37)48-32)24(44-4)14-27(46-18)47-20-5-9-33(2)22-6-10-34(3)21(19-13-26(38)45-17-19)8-12-36(34,43)23(22)7-11-35(33,42)15-20/h13,18,20-32,37-43H,5-12,14-17H2,1-4H3/t18-,20+,21-,22+,23-,24+,25-,26?,27+,28-,29+,30-,31-,32+,33-,34-,35+,36+/m1/s1. The second-order valence-electron chi connectivity index (χ2n) is 16.7. The van der Waals surface area contributed by atoms with Gasteiger partial charge >= 0.3 is 0 Å². The number of fused-ring (bicyclic) bond motifs is 5. The molecule has 13 heteroatoms. The van der Waals surface area contributed by atoms with E-state index in [9.17, 15) is 35.7 Å². The molecule has 4 aliphatic carbocycles. The molecular weight excluding hydrogens is 640 g/mol. The van der Waals surface area contributed by atoms with Gasteiger partial charge in [0.05, 0.1) is 42.7 Å². The van der Waals surface area contributed by atoms with E-state index < -0.39 is 79.4 Å². The monoisotopic (exact) mass is 698 g/mol. The van der Waals surface area contributed by atoms with Gasteiger partial charge in [-0.2, -0.15) is 0 Å². The van der Waals surface area contributed by atoms with Crippen LogP contribution in [0.25, 0.3) is 0 Å². The van der Waals surface area contributed by atoms with E-state index >= 15 is 0 Å². The molecule has 6 fully saturated rings. The fraction of sp³-hybridized carbons (Fsp3) is 0.944. The zero-order valence-corrected chi connectivity index (χ0v) is 29.2. The lowest BCUT2D eigenvalue weighted by molar-refractivity contribution is -0.347. The summed E-state index contributed by atoms with van der Waals surface area (Å²) in [4.78, 5) is 0. The van der Waals surface area contributed by atoms with Gasteiger partial charge < -0.3 is 64.2 Å². The van der Waals surface area contributed by atoms with E-state index in [0.29, 0.717) is 25.9 Å². The molecule has 0 amide bonds. The van der Waals surface area contributed by atoms with Crippen LogP contribution >= 0.6 is 0 Å². The van der Waals surface area contributed by atoms with Crippen LogP contribution in [0.2, 0.25) is 0 Å². The van der Waals surface area contributed by atoms with Crippen molar-refractivity contribution in [2.45, 2.75) is 164 Å². The van der Waals surface area contributed by atoms with Crippen LogP contribution < -0.4 is 0 Å². The van der Waals surface area contributed by atoms with Crippen molar-refractivity contribution in [1.29, 1.82) is 0 Å². The van der Waals surface area contributed by atoms with Crippen molar-refractivity contribution in [2.24, 2.45) is 28.6 Å². The van der Waals surface area contributed by atoms with Crippen LogP contribution in [0.3, 0.4) is 0 Å². The quantitative estimate of drug-likeness (QED) is 0.146. The van der Waals surface area contributed by atoms with Crippen molar-refractivity contribution in [3.05, 3.63) is 11.6 Å². The molecule has 18 atom stereocenters. The van der Waals surface area contributed by atoms with Gasteiger partial charge in [0, 0.05) is 25.4 Å².